The van der Waals surface area contributed by atoms with E-state index >= 15 is 0 Å². The van der Waals surface area contributed by atoms with Gasteiger partial charge in [-0.15, -0.1) is 13.2 Å². The summed E-state index contributed by atoms with van der Waals surface area (Å²) in [7, 11) is 0. The van der Waals surface area contributed by atoms with E-state index in [2.05, 4.69) is 52.2 Å². The van der Waals surface area contributed by atoms with E-state index in [0.717, 1.165) is 78.5 Å². The maximum Gasteiger partial charge on any atom is 0.573 e. The molecule has 0 aliphatic rings. The van der Waals surface area contributed by atoms with Crippen molar-refractivity contribution >= 4 is 35.8 Å². The summed E-state index contributed by atoms with van der Waals surface area (Å²) < 4.78 is 122. The van der Waals surface area contributed by atoms with Crippen LogP contribution >= 0.6 is 0 Å². The molecule has 0 aliphatic carbocycles. The average molecular weight is 1350 g/mol. The third kappa shape index (κ3) is 28.8. The van der Waals surface area contributed by atoms with Crippen molar-refractivity contribution in [1.29, 1.82) is 5.26 Å². The van der Waals surface area contributed by atoms with E-state index in [0.29, 0.717) is 51.0 Å². The van der Waals surface area contributed by atoms with Crippen molar-refractivity contribution in [2.75, 3.05) is 33.8 Å². The highest BCUT2D eigenvalue weighted by molar-refractivity contribution is 5.92. The third-order valence-corrected chi connectivity index (χ3v) is 12.4. The summed E-state index contributed by atoms with van der Waals surface area (Å²) in [4.78, 5) is 67.5. The molecule has 0 N–H and O–H groups in total. The minimum atomic E-state index is -4.80. The molecule has 0 saturated carbocycles. The fourth-order valence-corrected chi connectivity index (χ4v) is 7.50. The van der Waals surface area contributed by atoms with E-state index in [1.807, 2.05) is 54.6 Å². The van der Waals surface area contributed by atoms with Gasteiger partial charge >= 0.3 is 42.2 Å². The highest BCUT2D eigenvalue weighted by Crippen LogP contribution is 2.28. The zero-order valence-corrected chi connectivity index (χ0v) is 52.6. The molecular formula is C74H64F5NO18. The van der Waals surface area contributed by atoms with Crippen molar-refractivity contribution in [2.24, 2.45) is 0 Å². The Bertz CT molecular complexity index is 3930. The van der Waals surface area contributed by atoms with Crippen LogP contribution in [0.2, 0.25) is 0 Å². The van der Waals surface area contributed by atoms with Crippen molar-refractivity contribution in [1.82, 2.24) is 0 Å². The number of carbonyl (C=O) groups is 6. The van der Waals surface area contributed by atoms with Gasteiger partial charge in [-0.2, -0.15) is 5.26 Å². The van der Waals surface area contributed by atoms with Gasteiger partial charge in [0.2, 0.25) is 27.2 Å². The van der Waals surface area contributed by atoms with Gasteiger partial charge in [0.05, 0.1) is 29.4 Å². The van der Waals surface area contributed by atoms with Crippen LogP contribution in [-0.2, 0) is 38.1 Å². The second kappa shape index (κ2) is 41.2. The Hall–Kier alpha value is -12.5. The number of benzene rings is 8. The summed E-state index contributed by atoms with van der Waals surface area (Å²) in [6.07, 6.45) is 4.18. The van der Waals surface area contributed by atoms with E-state index < -0.39 is 59.6 Å². The van der Waals surface area contributed by atoms with Crippen molar-refractivity contribution in [3.63, 3.8) is 0 Å². The van der Waals surface area contributed by atoms with Gasteiger partial charge in [-0.25, -0.2) is 37.5 Å². The molecule has 0 amide bonds. The Morgan fingerprint density at radius 2 is 0.714 bits per heavy atom. The number of halogens is 5. The van der Waals surface area contributed by atoms with Crippen LogP contribution in [0.15, 0.2) is 239 Å². The van der Waals surface area contributed by atoms with Gasteiger partial charge in [0, 0.05) is 24.3 Å². The van der Waals surface area contributed by atoms with Crippen molar-refractivity contribution in [3.05, 3.63) is 267 Å². The predicted molar refractivity (Wildman–Crippen MR) is 348 cm³/mol. The van der Waals surface area contributed by atoms with Gasteiger partial charge in [0.15, 0.2) is 11.6 Å². The summed E-state index contributed by atoms with van der Waals surface area (Å²) in [6.45, 7) is 15.1. The molecule has 0 heterocycles. The number of carbonyl (C=O) groups excluding carboxylic acids is 6. The SMILES string of the molecule is C=CC(=O)OCOc1ccc(-c2ccc(F)c(F)c2)cc1.C=CC(=O)OCOc1ccc(-c2ccc(OCCCCCC)cc2)cc1.C=CC(=O)OCOc1ccc(C(=O)Oc2ccc(C#N)cc2)cc1.C=CC(=O)OCOc1ccc(C(=O)Oc2ccc(OC(F)(F)F)cc2)cc1. The molecule has 0 unspecified atom stereocenters. The maximum atomic E-state index is 13.2. The van der Waals surface area contributed by atoms with Crippen LogP contribution in [0.25, 0.3) is 22.3 Å². The Kier molecular flexibility index (Phi) is 32.1. The monoisotopic (exact) mass is 1350 g/mol. The Morgan fingerprint density at radius 1 is 0.398 bits per heavy atom. The number of ether oxygens (including phenoxy) is 12. The Labute approximate surface area is 560 Å². The lowest BCUT2D eigenvalue weighted by Gasteiger charge is -2.10. The molecule has 0 atom stereocenters. The molecule has 0 saturated heterocycles. The fourth-order valence-electron chi connectivity index (χ4n) is 7.50. The van der Waals surface area contributed by atoms with E-state index in [1.165, 1.54) is 73.9 Å². The molecule has 0 bridgehead atoms. The van der Waals surface area contributed by atoms with Gasteiger partial charge in [-0.1, -0.05) is 95.0 Å². The molecule has 0 fully saturated rings. The van der Waals surface area contributed by atoms with E-state index in [1.54, 1.807) is 60.7 Å². The van der Waals surface area contributed by atoms with Gasteiger partial charge in [0.25, 0.3) is 0 Å². The molecule has 0 spiro atoms. The standard InChI is InChI=1S/C22H26O4.C18H13F3O6.C18H13NO5.C16H12F2O3/c1-3-5-6-7-16-24-20-12-8-18(9-13-20)19-10-14-21(15-11-19)25-17-26-22(23)4-2;1-2-16(22)25-11-24-13-5-3-12(4-6-13)17(23)26-14-7-9-15(10-8-14)27-18(19,20)21;1-2-17(20)23-12-22-15-9-5-14(6-10-15)18(21)24-16-7-3-13(11-19)4-8-16;1-2-16(19)21-10-20-13-6-3-11(4-7-13)12-5-8-14(17)15(18)9-12/h4,8-15H,2-3,5-7,16-17H2,1H3;2-10H,1,11H2;2-10H,1,12H2;2-9H,1,10H2. The van der Waals surface area contributed by atoms with Crippen LogP contribution in [0, 0.1) is 23.0 Å². The molecule has 0 aliphatic heterocycles. The summed E-state index contributed by atoms with van der Waals surface area (Å²) in [5.41, 5.74) is 4.44. The van der Waals surface area contributed by atoms with E-state index in [-0.39, 0.29) is 38.5 Å². The van der Waals surface area contributed by atoms with Gasteiger partial charge in [0.1, 0.15) is 46.0 Å². The molecule has 98 heavy (non-hydrogen) atoms. The number of hydrogen-bond acceptors (Lipinski definition) is 19. The number of nitriles is 1. The second-order valence-corrected chi connectivity index (χ2v) is 19.3. The van der Waals surface area contributed by atoms with Gasteiger partial charge in [-0.3, -0.25) is 0 Å². The first-order chi connectivity index (χ1) is 47.2. The molecule has 0 radical (unpaired) electrons. The summed E-state index contributed by atoms with van der Waals surface area (Å²) >= 11 is 0. The number of nitrogens with zero attached hydrogens (tertiary/aromatic N) is 1. The van der Waals surface area contributed by atoms with Gasteiger partial charge in [-0.05, 0) is 174 Å². The first-order valence-corrected chi connectivity index (χ1v) is 29.3. The Balaban J connectivity index is 0.000000237. The van der Waals surface area contributed by atoms with Crippen LogP contribution < -0.4 is 37.9 Å². The lowest BCUT2D eigenvalue weighted by Crippen LogP contribution is -2.17. The highest BCUT2D eigenvalue weighted by Gasteiger charge is 2.31. The molecule has 8 rings (SSSR count). The average Bonchev–Trinajstić information content (AvgIpc) is 0.901. The van der Waals surface area contributed by atoms with Crippen LogP contribution in [0.3, 0.4) is 0 Å². The van der Waals surface area contributed by atoms with E-state index in [9.17, 15) is 50.7 Å². The molecule has 8 aromatic rings. The Morgan fingerprint density at radius 3 is 1.05 bits per heavy atom. The number of hydrogen-bond donors (Lipinski definition) is 0. The lowest BCUT2D eigenvalue weighted by atomic mass is 10.1. The zero-order valence-electron chi connectivity index (χ0n) is 52.6. The van der Waals surface area contributed by atoms with Crippen molar-refractivity contribution < 1.29 is 108 Å². The fraction of sp³-hybridized carbons (Fsp3) is 0.149. The quantitative estimate of drug-likeness (QED) is 0.00805. The zero-order chi connectivity index (χ0) is 71.1. The number of alkyl halides is 3. The minimum absolute atomic E-state index is 0.0474. The first kappa shape index (κ1) is 76.2. The molecule has 8 aromatic carbocycles. The van der Waals surface area contributed by atoms with Crippen LogP contribution in [0.1, 0.15) is 58.9 Å². The summed E-state index contributed by atoms with van der Waals surface area (Å²) in [6, 6.07) is 50.5. The number of unbranched alkanes of at least 4 members (excludes halogenated alkanes) is 3. The van der Waals surface area contributed by atoms with Gasteiger partial charge < -0.3 is 56.8 Å². The summed E-state index contributed by atoms with van der Waals surface area (Å²) in [5.74, 6) is -2.59. The molecular weight excluding hydrogens is 1290 g/mol. The third-order valence-electron chi connectivity index (χ3n) is 12.4. The molecule has 0 aromatic heterocycles. The van der Waals surface area contributed by atoms with Crippen molar-refractivity contribution in [2.45, 2.75) is 39.0 Å². The maximum absolute atomic E-state index is 13.2. The number of esters is 6. The van der Waals surface area contributed by atoms with E-state index in [4.69, 9.17) is 43.2 Å². The minimum Gasteiger partial charge on any atom is -0.494 e. The molecule has 508 valence electrons. The lowest BCUT2D eigenvalue weighted by molar-refractivity contribution is -0.274. The second-order valence-electron chi connectivity index (χ2n) is 19.3. The van der Waals surface area contributed by atoms with Crippen molar-refractivity contribution in [3.8, 4) is 74.3 Å². The topological polar surface area (TPSA) is 237 Å². The summed E-state index contributed by atoms with van der Waals surface area (Å²) in [5, 5.41) is 8.72. The van der Waals surface area contributed by atoms with Crippen LogP contribution in [-0.4, -0.2) is 76.0 Å². The first-order valence-electron chi connectivity index (χ1n) is 29.3. The molecule has 24 heteroatoms. The molecule has 19 nitrogen and oxygen atoms in total. The largest absolute Gasteiger partial charge is 0.573 e. The number of rotatable bonds is 29. The van der Waals surface area contributed by atoms with Crippen LogP contribution in [0.4, 0.5) is 22.0 Å². The smallest absolute Gasteiger partial charge is 0.494 e. The predicted octanol–water partition coefficient (Wildman–Crippen LogP) is 15.8. The highest BCUT2D eigenvalue weighted by atomic mass is 19.4. The van der Waals surface area contributed by atoms with Crippen LogP contribution in [0.5, 0.6) is 46.0 Å². The normalized spacial score (nSPS) is 10.1.